The van der Waals surface area contributed by atoms with E-state index in [1.54, 1.807) is 26.8 Å². The van der Waals surface area contributed by atoms with E-state index in [1.807, 2.05) is 6.92 Å². The molecule has 2 N–H and O–H groups in total. The molecular formula is C24H32AgN4O6S. The van der Waals surface area contributed by atoms with Gasteiger partial charge in [0.2, 0.25) is 11.9 Å². The maximum atomic E-state index is 12.8. The molecule has 12 heteroatoms. The summed E-state index contributed by atoms with van der Waals surface area (Å²) in [5.74, 6) is -2.39. The number of carbonyl (C=O) groups excluding carboxylic acids is 3. The van der Waals surface area contributed by atoms with Gasteiger partial charge in [-0.2, -0.15) is 0 Å². The number of aromatic nitrogens is 2. The fourth-order valence-electron chi connectivity index (χ4n) is 3.17. The van der Waals surface area contributed by atoms with Gasteiger partial charge in [0.05, 0.1) is 22.8 Å². The molecular weight excluding hydrogens is 580 g/mol. The van der Waals surface area contributed by atoms with Crippen LogP contribution in [0.2, 0.25) is 0 Å². The van der Waals surface area contributed by atoms with E-state index in [2.05, 4.69) is 20.0 Å². The average molecular weight is 612 g/mol. The third kappa shape index (κ3) is 9.12. The molecule has 2 rings (SSSR count). The van der Waals surface area contributed by atoms with E-state index in [1.165, 1.54) is 36.7 Å². The molecule has 0 aliphatic carbocycles. The number of unbranched alkanes of at least 4 members (excludes halogenated alkanes) is 1. The molecule has 0 saturated carbocycles. The standard InChI is InChI=1S/C24H32N4O6S.Ag/c1-5-7-15-34-22(31)24(3,4)16-20(29)19(6-2)21(30)27-17-9-11-18(12-10-17)35(32,33)28-23-25-13-8-14-26-23;/h8-14,19H,5-7,15-16H2,1-4H3,(H,27,30)(H,25,26,28);. The van der Waals surface area contributed by atoms with Crippen LogP contribution in [-0.2, 0) is 51.5 Å². The second-order valence-electron chi connectivity index (χ2n) is 8.67. The Morgan fingerprint density at radius 1 is 1.06 bits per heavy atom. The van der Waals surface area contributed by atoms with Gasteiger partial charge in [0.1, 0.15) is 5.78 Å². The van der Waals surface area contributed by atoms with E-state index < -0.39 is 33.2 Å². The number of hydrogen-bond donors (Lipinski definition) is 2. The first-order chi connectivity index (χ1) is 16.5. The summed E-state index contributed by atoms with van der Waals surface area (Å²) in [4.78, 5) is 45.6. The summed E-state index contributed by atoms with van der Waals surface area (Å²) in [5, 5.41) is 2.64. The SMILES string of the molecule is CCCCOC(=O)C(C)(C)CC(=O)C(CC)C(=O)Nc1ccc(S(=O)(=O)Nc2ncccn2)cc1.[Ag]. The second kappa shape index (κ2) is 14.2. The third-order valence-corrected chi connectivity index (χ3v) is 6.58. The van der Waals surface area contributed by atoms with Gasteiger partial charge in [-0.15, -0.1) is 0 Å². The number of amides is 1. The van der Waals surface area contributed by atoms with E-state index in [0.717, 1.165) is 12.8 Å². The number of rotatable bonds is 13. The molecule has 0 bridgehead atoms. The molecule has 0 aliphatic heterocycles. The molecule has 1 amide bonds. The van der Waals surface area contributed by atoms with Crippen LogP contribution in [-0.4, -0.2) is 42.7 Å². The first-order valence-electron chi connectivity index (χ1n) is 11.4. The second-order valence-corrected chi connectivity index (χ2v) is 10.4. The zero-order chi connectivity index (χ0) is 26.1. The summed E-state index contributed by atoms with van der Waals surface area (Å²) in [7, 11) is -3.92. The van der Waals surface area contributed by atoms with Crippen LogP contribution in [0.4, 0.5) is 11.6 Å². The van der Waals surface area contributed by atoms with Crippen LogP contribution < -0.4 is 10.0 Å². The Morgan fingerprint density at radius 3 is 2.22 bits per heavy atom. The maximum absolute atomic E-state index is 12.8. The largest absolute Gasteiger partial charge is 0.465 e. The van der Waals surface area contributed by atoms with Crippen molar-refractivity contribution in [3.8, 4) is 0 Å². The summed E-state index contributed by atoms with van der Waals surface area (Å²) >= 11 is 0. The zero-order valence-corrected chi connectivity index (χ0v) is 23.0. The topological polar surface area (TPSA) is 144 Å². The first kappa shape index (κ1) is 31.4. The van der Waals surface area contributed by atoms with Gasteiger partial charge < -0.3 is 10.1 Å². The molecule has 1 unspecified atom stereocenters. The smallest absolute Gasteiger partial charge is 0.311 e. The summed E-state index contributed by atoms with van der Waals surface area (Å²) in [5.41, 5.74) is -0.723. The van der Waals surface area contributed by atoms with Crippen molar-refractivity contribution in [3.63, 3.8) is 0 Å². The Labute approximate surface area is 227 Å². The summed E-state index contributed by atoms with van der Waals surface area (Å²) in [6, 6.07) is 7.04. The number of hydrogen-bond acceptors (Lipinski definition) is 8. The fraction of sp³-hybridized carbons (Fsp3) is 0.458. The van der Waals surface area contributed by atoms with Crippen LogP contribution >= 0.6 is 0 Å². The number of benzene rings is 1. The van der Waals surface area contributed by atoms with Crippen molar-refractivity contribution in [2.24, 2.45) is 11.3 Å². The first-order valence-corrected chi connectivity index (χ1v) is 12.9. The molecule has 1 radical (unpaired) electrons. The minimum Gasteiger partial charge on any atom is -0.465 e. The van der Waals surface area contributed by atoms with Crippen molar-refractivity contribution < 1.29 is 49.9 Å². The monoisotopic (exact) mass is 611 g/mol. The van der Waals surface area contributed by atoms with Gasteiger partial charge in [0, 0.05) is 46.9 Å². The molecule has 1 atom stereocenters. The minimum atomic E-state index is -3.92. The molecule has 0 spiro atoms. The van der Waals surface area contributed by atoms with Gasteiger partial charge in [-0.25, -0.2) is 23.1 Å². The molecule has 0 aliphatic rings. The fourth-order valence-corrected chi connectivity index (χ4v) is 4.13. The predicted octanol–water partition coefficient (Wildman–Crippen LogP) is 3.57. The molecule has 36 heavy (non-hydrogen) atoms. The maximum Gasteiger partial charge on any atom is 0.311 e. The van der Waals surface area contributed by atoms with E-state index in [-0.39, 0.29) is 51.8 Å². The number of Topliss-reactive ketones (excluding diaryl/α,β-unsaturated/α-hetero) is 1. The summed E-state index contributed by atoms with van der Waals surface area (Å²) in [6.07, 6.45) is 4.56. The average Bonchev–Trinajstić information content (AvgIpc) is 2.80. The number of anilines is 2. The van der Waals surface area contributed by atoms with E-state index in [0.29, 0.717) is 12.3 Å². The third-order valence-electron chi connectivity index (χ3n) is 5.24. The van der Waals surface area contributed by atoms with Gasteiger partial charge in [0.25, 0.3) is 10.0 Å². The zero-order valence-electron chi connectivity index (χ0n) is 20.7. The van der Waals surface area contributed by atoms with Crippen molar-refractivity contribution in [2.45, 2.75) is 58.3 Å². The molecule has 1 heterocycles. The number of nitrogens with zero attached hydrogens (tertiary/aromatic N) is 2. The number of ketones is 1. The van der Waals surface area contributed by atoms with Crippen molar-refractivity contribution in [3.05, 3.63) is 42.7 Å². The van der Waals surface area contributed by atoms with Gasteiger partial charge in [-0.1, -0.05) is 20.3 Å². The quantitative estimate of drug-likeness (QED) is 0.151. The van der Waals surface area contributed by atoms with Crippen molar-refractivity contribution in [2.75, 3.05) is 16.6 Å². The van der Waals surface area contributed by atoms with E-state index in [9.17, 15) is 22.8 Å². The summed E-state index contributed by atoms with van der Waals surface area (Å²) < 4.78 is 32.5. The number of carbonyl (C=O) groups is 3. The minimum absolute atomic E-state index is 0. The van der Waals surface area contributed by atoms with Crippen molar-refractivity contribution >= 4 is 39.3 Å². The molecule has 2 aromatic rings. The van der Waals surface area contributed by atoms with E-state index >= 15 is 0 Å². The van der Waals surface area contributed by atoms with E-state index in [4.69, 9.17) is 4.74 Å². The number of esters is 1. The van der Waals surface area contributed by atoms with Crippen LogP contribution in [0.1, 0.15) is 53.4 Å². The Balaban J connectivity index is 0.00000648. The van der Waals surface area contributed by atoms with Crippen LogP contribution in [0.15, 0.2) is 47.6 Å². The van der Waals surface area contributed by atoms with Crippen LogP contribution in [0, 0.1) is 11.3 Å². The van der Waals surface area contributed by atoms with Gasteiger partial charge in [0.15, 0.2) is 0 Å². The van der Waals surface area contributed by atoms with Gasteiger partial charge in [-0.3, -0.25) is 14.4 Å². The van der Waals surface area contributed by atoms with Gasteiger partial charge in [-0.05, 0) is 57.0 Å². The molecule has 1 aromatic heterocycles. The molecule has 201 valence electrons. The predicted molar refractivity (Wildman–Crippen MR) is 131 cm³/mol. The number of sulfonamides is 1. The molecule has 10 nitrogen and oxygen atoms in total. The Hall–Kier alpha value is -2.60. The number of ether oxygens (including phenoxy) is 1. The Morgan fingerprint density at radius 2 is 1.67 bits per heavy atom. The van der Waals surface area contributed by atoms with Crippen LogP contribution in [0.3, 0.4) is 0 Å². The van der Waals surface area contributed by atoms with Crippen LogP contribution in [0.5, 0.6) is 0 Å². The van der Waals surface area contributed by atoms with Gasteiger partial charge >= 0.3 is 5.97 Å². The Bertz CT molecular complexity index is 1130. The number of nitrogens with one attached hydrogen (secondary N) is 2. The molecule has 0 fully saturated rings. The molecule has 1 aromatic carbocycles. The normalized spacial score (nSPS) is 12.1. The Kier molecular flexibility index (Phi) is 12.4. The molecule has 0 saturated heterocycles. The van der Waals surface area contributed by atoms with Crippen LogP contribution in [0.25, 0.3) is 0 Å². The van der Waals surface area contributed by atoms with Crippen molar-refractivity contribution in [1.82, 2.24) is 9.97 Å². The summed E-state index contributed by atoms with van der Waals surface area (Å²) in [6.45, 7) is 7.23. The van der Waals surface area contributed by atoms with Crippen molar-refractivity contribution in [1.29, 1.82) is 0 Å².